The number of ether oxygens (including phenoxy) is 1. The number of benzene rings is 2. The predicted molar refractivity (Wildman–Crippen MR) is 165 cm³/mol. The summed E-state index contributed by atoms with van der Waals surface area (Å²) < 4.78 is 74.2. The number of hydrogen-bond acceptors (Lipinski definition) is 8. The first-order valence-electron chi connectivity index (χ1n) is 14.6. The van der Waals surface area contributed by atoms with Gasteiger partial charge >= 0.3 is 6.18 Å². The topological polar surface area (TPSA) is 117 Å². The van der Waals surface area contributed by atoms with E-state index in [4.69, 9.17) is 4.74 Å². The third-order valence-corrected chi connectivity index (χ3v) is 9.92. The van der Waals surface area contributed by atoms with Crippen LogP contribution >= 0.6 is 0 Å². The maximum atomic E-state index is 14.1. The lowest BCUT2D eigenvalue weighted by Crippen LogP contribution is -2.35. The van der Waals surface area contributed by atoms with E-state index in [1.807, 2.05) is 25.2 Å². The molecule has 2 N–H and O–H groups in total. The van der Waals surface area contributed by atoms with Crippen molar-refractivity contribution in [1.82, 2.24) is 19.2 Å². The monoisotopic (exact) mass is 646 g/mol. The number of sulfonamides is 1. The van der Waals surface area contributed by atoms with E-state index in [0.717, 1.165) is 49.5 Å². The van der Waals surface area contributed by atoms with Crippen molar-refractivity contribution in [1.29, 1.82) is 0 Å². The molecule has 0 bridgehead atoms. The van der Waals surface area contributed by atoms with Gasteiger partial charge in [-0.15, -0.1) is 0 Å². The van der Waals surface area contributed by atoms with Crippen LogP contribution in [0.25, 0.3) is 0 Å². The normalized spacial score (nSPS) is 19.4. The fourth-order valence-electron chi connectivity index (χ4n) is 6.17. The molecule has 242 valence electrons. The highest BCUT2D eigenvalue weighted by Crippen LogP contribution is 2.43. The summed E-state index contributed by atoms with van der Waals surface area (Å²) in [6.45, 7) is 1.70. The Labute approximate surface area is 261 Å². The Hall–Kier alpha value is -3.75. The van der Waals surface area contributed by atoms with Crippen molar-refractivity contribution in [3.8, 4) is 5.75 Å². The number of rotatable bonds is 9. The second-order valence-electron chi connectivity index (χ2n) is 11.7. The number of likely N-dealkylation sites (tertiary alicyclic amines) is 1. The molecular formula is C31H37F3N6O4S. The Morgan fingerprint density at radius 3 is 2.53 bits per heavy atom. The summed E-state index contributed by atoms with van der Waals surface area (Å²) in [5.74, 6) is -0.401. The van der Waals surface area contributed by atoms with E-state index in [2.05, 4.69) is 25.5 Å². The van der Waals surface area contributed by atoms with Crippen molar-refractivity contribution < 1.29 is 31.1 Å². The zero-order valence-electron chi connectivity index (χ0n) is 25.6. The quantitative estimate of drug-likeness (QED) is 0.338. The number of nitrogens with one attached hydrogen (secondary N) is 2. The molecule has 2 aromatic carbocycles. The second-order valence-corrected chi connectivity index (χ2v) is 13.8. The van der Waals surface area contributed by atoms with E-state index < -0.39 is 33.7 Å². The van der Waals surface area contributed by atoms with Crippen LogP contribution in [-0.2, 0) is 33.8 Å². The first kappa shape index (κ1) is 32.6. The van der Waals surface area contributed by atoms with Crippen LogP contribution in [0.15, 0.2) is 48.7 Å². The van der Waals surface area contributed by atoms with Gasteiger partial charge in [-0.25, -0.2) is 18.4 Å². The van der Waals surface area contributed by atoms with Crippen molar-refractivity contribution in [2.24, 2.45) is 11.8 Å². The molecule has 45 heavy (non-hydrogen) atoms. The van der Waals surface area contributed by atoms with Gasteiger partial charge < -0.3 is 20.3 Å². The van der Waals surface area contributed by atoms with Crippen LogP contribution in [0.4, 0.5) is 30.5 Å². The molecule has 1 amide bonds. The van der Waals surface area contributed by atoms with Gasteiger partial charge in [0.1, 0.15) is 5.75 Å². The summed E-state index contributed by atoms with van der Waals surface area (Å²) in [4.78, 5) is 23.2. The zero-order valence-corrected chi connectivity index (χ0v) is 26.4. The van der Waals surface area contributed by atoms with Gasteiger partial charge in [0.2, 0.25) is 21.9 Å². The number of halogens is 3. The maximum absolute atomic E-state index is 14.1. The van der Waals surface area contributed by atoms with Crippen LogP contribution in [0.5, 0.6) is 5.75 Å². The predicted octanol–water partition coefficient (Wildman–Crippen LogP) is 4.88. The maximum Gasteiger partial charge on any atom is 0.419 e. The minimum atomic E-state index is -4.72. The van der Waals surface area contributed by atoms with E-state index >= 15 is 0 Å². The number of piperidine rings is 1. The number of anilines is 3. The van der Waals surface area contributed by atoms with Crippen LogP contribution in [0.1, 0.15) is 41.3 Å². The Morgan fingerprint density at radius 1 is 1.16 bits per heavy atom. The molecule has 0 unspecified atom stereocenters. The number of alkyl halides is 3. The van der Waals surface area contributed by atoms with Crippen LogP contribution in [-0.4, -0.2) is 74.0 Å². The van der Waals surface area contributed by atoms with Crippen LogP contribution in [0.3, 0.4) is 0 Å². The zero-order chi connectivity index (χ0) is 32.5. The molecule has 10 nitrogen and oxygen atoms in total. The lowest BCUT2D eigenvalue weighted by Gasteiger charge is -2.29. The molecule has 3 aromatic rings. The smallest absolute Gasteiger partial charge is 0.419 e. The van der Waals surface area contributed by atoms with Crippen LogP contribution in [0, 0.1) is 11.8 Å². The summed E-state index contributed by atoms with van der Waals surface area (Å²) in [6, 6.07) is 11.6. The minimum absolute atomic E-state index is 0.0736. The third-order valence-electron chi connectivity index (χ3n) is 8.65. The molecule has 14 heteroatoms. The molecule has 5 rings (SSSR count). The fourth-order valence-corrected chi connectivity index (χ4v) is 6.86. The minimum Gasteiger partial charge on any atom is -0.494 e. The molecule has 0 spiro atoms. The summed E-state index contributed by atoms with van der Waals surface area (Å²) >= 11 is 0. The standard InChI is InChI=1S/C31H37F3N6O4S/c1-39-13-11-19(12-14-39)29(41)36-22-9-10-25(27(17-22)44-3)37-30-35-18-24(31(32,33)34)26(38-30)16-21-15-20-7-5-6-8-23(20)28(21)40(2)45(4,42)43/h5-10,17-19,21,28H,11-16H2,1-4H3,(H,36,41)(H,35,37,38)/t21-,28-/m0/s1. The molecule has 0 radical (unpaired) electrons. The summed E-state index contributed by atoms with van der Waals surface area (Å²) in [7, 11) is 1.26. The first-order chi connectivity index (χ1) is 21.2. The largest absolute Gasteiger partial charge is 0.494 e. The van der Waals surface area contributed by atoms with Gasteiger partial charge in [-0.1, -0.05) is 24.3 Å². The number of aromatic nitrogens is 2. The van der Waals surface area contributed by atoms with Crippen LogP contribution < -0.4 is 15.4 Å². The lowest BCUT2D eigenvalue weighted by atomic mass is 9.93. The van der Waals surface area contributed by atoms with E-state index in [1.165, 1.54) is 18.5 Å². The molecule has 2 aliphatic rings. The fraction of sp³-hybridized carbons (Fsp3) is 0.452. The molecule has 2 atom stereocenters. The van der Waals surface area contributed by atoms with Crippen molar-refractivity contribution >= 4 is 33.3 Å². The van der Waals surface area contributed by atoms with Crippen LogP contribution in [0.2, 0.25) is 0 Å². The van der Waals surface area contributed by atoms with Gasteiger partial charge in [0.15, 0.2) is 0 Å². The molecule has 2 heterocycles. The summed E-state index contributed by atoms with van der Waals surface area (Å²) in [5.41, 5.74) is 1.34. The molecular weight excluding hydrogens is 609 g/mol. The lowest BCUT2D eigenvalue weighted by molar-refractivity contribution is -0.138. The van der Waals surface area contributed by atoms with Gasteiger partial charge in [0, 0.05) is 30.9 Å². The number of carbonyl (C=O) groups excluding carboxylic acids is 1. The molecule has 1 saturated heterocycles. The molecule has 1 aliphatic heterocycles. The first-order valence-corrected chi connectivity index (χ1v) is 16.5. The average molecular weight is 647 g/mol. The number of methoxy groups -OCH3 is 1. The molecule has 1 aromatic heterocycles. The Morgan fingerprint density at radius 2 is 1.87 bits per heavy atom. The number of hydrogen-bond donors (Lipinski definition) is 2. The van der Waals surface area contributed by atoms with Crippen molar-refractivity contribution in [2.45, 2.75) is 37.9 Å². The molecule has 1 fully saturated rings. The van der Waals surface area contributed by atoms with Crippen molar-refractivity contribution in [3.05, 3.63) is 71.0 Å². The third kappa shape index (κ3) is 7.39. The molecule has 0 saturated carbocycles. The van der Waals surface area contributed by atoms with E-state index in [1.54, 1.807) is 24.3 Å². The summed E-state index contributed by atoms with van der Waals surface area (Å²) in [6.07, 6.45) is -1.10. The van der Waals surface area contributed by atoms with Gasteiger partial charge in [-0.3, -0.25) is 4.79 Å². The number of nitrogens with zero attached hydrogens (tertiary/aromatic N) is 4. The molecule has 1 aliphatic carbocycles. The highest BCUT2D eigenvalue weighted by Gasteiger charge is 2.41. The Kier molecular flexibility index (Phi) is 9.38. The van der Waals surface area contributed by atoms with E-state index in [9.17, 15) is 26.4 Å². The van der Waals surface area contributed by atoms with Crippen molar-refractivity contribution in [2.75, 3.05) is 51.2 Å². The highest BCUT2D eigenvalue weighted by atomic mass is 32.2. The SMILES string of the molecule is COc1cc(NC(=O)C2CCN(C)CC2)ccc1Nc1ncc(C(F)(F)F)c(C[C@@H]2Cc3ccccc3[C@H]2N(C)S(C)(=O)=O)n1. The summed E-state index contributed by atoms with van der Waals surface area (Å²) in [5, 5.41) is 5.88. The van der Waals surface area contributed by atoms with Gasteiger partial charge in [-0.2, -0.15) is 17.5 Å². The second kappa shape index (κ2) is 12.9. The Balaban J connectivity index is 1.40. The number of fused-ring (bicyclic) bond motifs is 1. The van der Waals surface area contributed by atoms with Crippen molar-refractivity contribution in [3.63, 3.8) is 0 Å². The van der Waals surface area contributed by atoms with Gasteiger partial charge in [-0.05, 0) is 75.0 Å². The Bertz CT molecular complexity index is 1660. The van der Waals surface area contributed by atoms with Gasteiger partial charge in [0.25, 0.3) is 0 Å². The van der Waals surface area contributed by atoms with E-state index in [-0.39, 0.29) is 29.9 Å². The number of amides is 1. The average Bonchev–Trinajstić information content (AvgIpc) is 3.34. The highest BCUT2D eigenvalue weighted by molar-refractivity contribution is 7.88. The van der Waals surface area contributed by atoms with E-state index in [0.29, 0.717) is 23.5 Å². The van der Waals surface area contributed by atoms with Gasteiger partial charge in [0.05, 0.1) is 36.4 Å². The number of carbonyl (C=O) groups is 1.